The quantitative estimate of drug-likeness (QED) is 0.829. The van der Waals surface area contributed by atoms with E-state index in [1.54, 1.807) is 0 Å². The molecular weight excluding hydrogens is 246 g/mol. The Morgan fingerprint density at radius 3 is 2.15 bits per heavy atom. The molecule has 1 heterocycles. The SMILES string of the molecule is Cc1nc(C2CC2)nc(C)c1CC(C)CNCC(C)C. The molecule has 0 bridgehead atoms. The highest BCUT2D eigenvalue weighted by Gasteiger charge is 2.27. The molecule has 0 saturated heterocycles. The van der Waals surface area contributed by atoms with Crippen molar-refractivity contribution in [3.63, 3.8) is 0 Å². The predicted octanol–water partition coefficient (Wildman–Crippen LogP) is 3.40. The third-order valence-electron chi connectivity index (χ3n) is 3.98. The van der Waals surface area contributed by atoms with Crippen molar-refractivity contribution in [2.24, 2.45) is 11.8 Å². The van der Waals surface area contributed by atoms with Crippen LogP contribution >= 0.6 is 0 Å². The lowest BCUT2D eigenvalue weighted by Crippen LogP contribution is -2.26. The molecule has 2 rings (SSSR count). The van der Waals surface area contributed by atoms with Crippen molar-refractivity contribution in [2.75, 3.05) is 13.1 Å². The molecule has 3 nitrogen and oxygen atoms in total. The Balaban J connectivity index is 1.94. The van der Waals surface area contributed by atoms with E-state index < -0.39 is 0 Å². The Hall–Kier alpha value is -0.960. The van der Waals surface area contributed by atoms with E-state index in [-0.39, 0.29) is 0 Å². The Bertz CT molecular complexity index is 427. The normalized spacial score (nSPS) is 16.7. The maximum absolute atomic E-state index is 4.73. The zero-order valence-corrected chi connectivity index (χ0v) is 13.7. The molecular formula is C17H29N3. The van der Waals surface area contributed by atoms with E-state index in [1.165, 1.54) is 29.8 Å². The van der Waals surface area contributed by atoms with E-state index in [2.05, 4.69) is 39.9 Å². The first-order chi connectivity index (χ1) is 9.47. The largest absolute Gasteiger partial charge is 0.316 e. The van der Waals surface area contributed by atoms with Crippen LogP contribution in [0.25, 0.3) is 0 Å². The number of aryl methyl sites for hydroxylation is 2. The van der Waals surface area contributed by atoms with Gasteiger partial charge in [0, 0.05) is 17.3 Å². The molecule has 1 aromatic rings. The Labute approximate surface area is 123 Å². The molecule has 1 saturated carbocycles. The van der Waals surface area contributed by atoms with Crippen LogP contribution < -0.4 is 5.32 Å². The predicted molar refractivity (Wildman–Crippen MR) is 84.1 cm³/mol. The first-order valence-electron chi connectivity index (χ1n) is 8.02. The zero-order valence-electron chi connectivity index (χ0n) is 13.7. The molecule has 0 aliphatic heterocycles. The fourth-order valence-corrected chi connectivity index (χ4v) is 2.62. The fraction of sp³-hybridized carbons (Fsp3) is 0.765. The van der Waals surface area contributed by atoms with Gasteiger partial charge in [0.1, 0.15) is 5.82 Å². The highest BCUT2D eigenvalue weighted by molar-refractivity contribution is 5.26. The third-order valence-corrected chi connectivity index (χ3v) is 3.98. The van der Waals surface area contributed by atoms with Gasteiger partial charge in [0.25, 0.3) is 0 Å². The zero-order chi connectivity index (χ0) is 14.7. The van der Waals surface area contributed by atoms with Crippen molar-refractivity contribution in [1.29, 1.82) is 0 Å². The number of rotatable bonds is 7. The van der Waals surface area contributed by atoms with Gasteiger partial charge in [-0.1, -0.05) is 20.8 Å². The van der Waals surface area contributed by atoms with Gasteiger partial charge in [-0.25, -0.2) is 9.97 Å². The van der Waals surface area contributed by atoms with E-state index in [4.69, 9.17) is 9.97 Å². The van der Waals surface area contributed by atoms with Crippen LogP contribution in [0.2, 0.25) is 0 Å². The van der Waals surface area contributed by atoms with Crippen molar-refractivity contribution in [1.82, 2.24) is 15.3 Å². The fourth-order valence-electron chi connectivity index (χ4n) is 2.62. The number of nitrogens with one attached hydrogen (secondary N) is 1. The highest BCUT2D eigenvalue weighted by Crippen LogP contribution is 2.38. The number of hydrogen-bond donors (Lipinski definition) is 1. The van der Waals surface area contributed by atoms with E-state index in [1.807, 2.05) is 0 Å². The Morgan fingerprint density at radius 1 is 1.05 bits per heavy atom. The summed E-state index contributed by atoms with van der Waals surface area (Å²) in [5.41, 5.74) is 3.73. The smallest absolute Gasteiger partial charge is 0.131 e. The van der Waals surface area contributed by atoms with Crippen LogP contribution in [0.4, 0.5) is 0 Å². The second-order valence-corrected chi connectivity index (χ2v) is 6.87. The summed E-state index contributed by atoms with van der Waals surface area (Å²) < 4.78 is 0. The van der Waals surface area contributed by atoms with Gasteiger partial charge < -0.3 is 5.32 Å². The van der Waals surface area contributed by atoms with E-state index in [9.17, 15) is 0 Å². The summed E-state index contributed by atoms with van der Waals surface area (Å²) in [6.45, 7) is 13.3. The molecule has 1 N–H and O–H groups in total. The van der Waals surface area contributed by atoms with E-state index >= 15 is 0 Å². The van der Waals surface area contributed by atoms with E-state index in [0.29, 0.717) is 17.8 Å². The monoisotopic (exact) mass is 275 g/mol. The first-order valence-corrected chi connectivity index (χ1v) is 8.02. The van der Waals surface area contributed by atoms with Crippen LogP contribution in [0.1, 0.15) is 62.3 Å². The third kappa shape index (κ3) is 4.27. The average molecular weight is 275 g/mol. The van der Waals surface area contributed by atoms with Crippen LogP contribution in [0, 0.1) is 25.7 Å². The number of nitrogens with zero attached hydrogens (tertiary/aromatic N) is 2. The van der Waals surface area contributed by atoms with Crippen molar-refractivity contribution < 1.29 is 0 Å². The lowest BCUT2D eigenvalue weighted by atomic mass is 9.98. The van der Waals surface area contributed by atoms with Gasteiger partial charge in [-0.3, -0.25) is 0 Å². The Morgan fingerprint density at radius 2 is 1.65 bits per heavy atom. The van der Waals surface area contributed by atoms with Crippen molar-refractivity contribution in [2.45, 2.75) is 59.8 Å². The molecule has 1 aliphatic rings. The standard InChI is InChI=1S/C17H29N3/c1-11(2)9-18-10-12(3)8-16-13(4)19-17(15-6-7-15)20-14(16)5/h11-12,15,18H,6-10H2,1-5H3. The van der Waals surface area contributed by atoms with Crippen molar-refractivity contribution in [3.05, 3.63) is 22.8 Å². The lowest BCUT2D eigenvalue weighted by molar-refractivity contribution is 0.471. The summed E-state index contributed by atoms with van der Waals surface area (Å²) in [4.78, 5) is 9.45. The van der Waals surface area contributed by atoms with Gasteiger partial charge >= 0.3 is 0 Å². The molecule has 1 unspecified atom stereocenters. The Kier molecular flexibility index (Phi) is 5.14. The molecule has 1 atom stereocenters. The van der Waals surface area contributed by atoms with Crippen LogP contribution in [0.3, 0.4) is 0 Å². The molecule has 1 fully saturated rings. The van der Waals surface area contributed by atoms with Crippen molar-refractivity contribution in [3.8, 4) is 0 Å². The van der Waals surface area contributed by atoms with Crippen LogP contribution in [0.5, 0.6) is 0 Å². The summed E-state index contributed by atoms with van der Waals surface area (Å²) in [5.74, 6) is 3.06. The summed E-state index contributed by atoms with van der Waals surface area (Å²) in [6.07, 6.45) is 3.62. The summed E-state index contributed by atoms with van der Waals surface area (Å²) in [7, 11) is 0. The molecule has 0 amide bonds. The highest BCUT2D eigenvalue weighted by atomic mass is 14.9. The van der Waals surface area contributed by atoms with Crippen molar-refractivity contribution >= 4 is 0 Å². The van der Waals surface area contributed by atoms with Gasteiger partial charge in [0.15, 0.2) is 0 Å². The van der Waals surface area contributed by atoms with E-state index in [0.717, 1.165) is 25.3 Å². The minimum atomic E-state index is 0.626. The summed E-state index contributed by atoms with van der Waals surface area (Å²) in [5, 5.41) is 3.54. The summed E-state index contributed by atoms with van der Waals surface area (Å²) in [6, 6.07) is 0. The summed E-state index contributed by atoms with van der Waals surface area (Å²) >= 11 is 0. The first kappa shape index (κ1) is 15.4. The minimum Gasteiger partial charge on any atom is -0.316 e. The maximum Gasteiger partial charge on any atom is 0.131 e. The van der Waals surface area contributed by atoms with Gasteiger partial charge in [-0.2, -0.15) is 0 Å². The van der Waals surface area contributed by atoms with Crippen LogP contribution in [-0.4, -0.2) is 23.1 Å². The second kappa shape index (κ2) is 6.66. The molecule has 112 valence electrons. The molecule has 0 spiro atoms. The second-order valence-electron chi connectivity index (χ2n) is 6.87. The average Bonchev–Trinajstić information content (AvgIpc) is 3.17. The molecule has 1 aliphatic carbocycles. The lowest BCUT2D eigenvalue weighted by Gasteiger charge is -2.17. The van der Waals surface area contributed by atoms with Crippen LogP contribution in [-0.2, 0) is 6.42 Å². The molecule has 0 aromatic carbocycles. The molecule has 0 radical (unpaired) electrons. The van der Waals surface area contributed by atoms with Gasteiger partial charge in [-0.05, 0) is 63.6 Å². The minimum absolute atomic E-state index is 0.626. The molecule has 20 heavy (non-hydrogen) atoms. The van der Waals surface area contributed by atoms with Crippen LogP contribution in [0.15, 0.2) is 0 Å². The topological polar surface area (TPSA) is 37.8 Å². The molecule has 1 aromatic heterocycles. The van der Waals surface area contributed by atoms with Gasteiger partial charge in [0.2, 0.25) is 0 Å². The number of aromatic nitrogens is 2. The van der Waals surface area contributed by atoms with Gasteiger partial charge in [0.05, 0.1) is 0 Å². The van der Waals surface area contributed by atoms with Gasteiger partial charge in [-0.15, -0.1) is 0 Å². The maximum atomic E-state index is 4.73. The molecule has 3 heteroatoms. The number of hydrogen-bond acceptors (Lipinski definition) is 3.